The van der Waals surface area contributed by atoms with Gasteiger partial charge in [0.2, 0.25) is 0 Å². The molecule has 86 valence electrons. The van der Waals surface area contributed by atoms with Crippen molar-refractivity contribution in [2.45, 2.75) is 31.7 Å². The van der Waals surface area contributed by atoms with Crippen molar-refractivity contribution in [3.8, 4) is 5.75 Å². The van der Waals surface area contributed by atoms with Crippen molar-refractivity contribution in [1.29, 1.82) is 0 Å². The summed E-state index contributed by atoms with van der Waals surface area (Å²) in [6, 6.07) is 6.61. The molecule has 2 nitrogen and oxygen atoms in total. The molecule has 0 spiro atoms. The molecule has 0 amide bonds. The number of aromatic hydroxyl groups is 1. The topological polar surface area (TPSA) is 23.5 Å². The summed E-state index contributed by atoms with van der Waals surface area (Å²) < 4.78 is 0. The molecule has 2 heteroatoms. The molecule has 1 N–H and O–H groups in total. The van der Waals surface area contributed by atoms with E-state index >= 15 is 0 Å². The Kier molecular flexibility index (Phi) is 2.40. The Labute approximate surface area is 96.9 Å². The third-order valence-electron chi connectivity index (χ3n) is 4.30. The number of piperidine rings is 1. The van der Waals surface area contributed by atoms with E-state index in [1.165, 1.54) is 30.5 Å². The third kappa shape index (κ3) is 1.61. The Morgan fingerprint density at radius 3 is 3.00 bits per heavy atom. The Morgan fingerprint density at radius 1 is 1.25 bits per heavy atom. The second kappa shape index (κ2) is 3.77. The summed E-state index contributed by atoms with van der Waals surface area (Å²) in [5.41, 5.74) is 2.81. The lowest BCUT2D eigenvalue weighted by atomic mass is 9.75. The van der Waals surface area contributed by atoms with Gasteiger partial charge in [-0.3, -0.25) is 0 Å². The zero-order valence-corrected chi connectivity index (χ0v) is 9.82. The molecule has 1 saturated heterocycles. The zero-order valence-electron chi connectivity index (χ0n) is 9.82. The Morgan fingerprint density at radius 2 is 2.12 bits per heavy atom. The second-order valence-corrected chi connectivity index (χ2v) is 5.31. The minimum absolute atomic E-state index is 0.418. The van der Waals surface area contributed by atoms with E-state index in [9.17, 15) is 5.11 Å². The molecule has 3 rings (SSSR count). The summed E-state index contributed by atoms with van der Waals surface area (Å²) in [5.74, 6) is 1.22. The van der Waals surface area contributed by atoms with Crippen LogP contribution in [0.2, 0.25) is 0 Å². The van der Waals surface area contributed by atoms with E-state index in [-0.39, 0.29) is 0 Å². The number of phenols is 1. The smallest absolute Gasteiger partial charge is 0.115 e. The van der Waals surface area contributed by atoms with Gasteiger partial charge in [0.15, 0.2) is 0 Å². The van der Waals surface area contributed by atoms with Gasteiger partial charge in [0.25, 0.3) is 0 Å². The molecule has 1 aromatic rings. The van der Waals surface area contributed by atoms with Crippen molar-refractivity contribution in [3.63, 3.8) is 0 Å². The maximum absolute atomic E-state index is 9.53. The molecule has 16 heavy (non-hydrogen) atoms. The lowest BCUT2D eigenvalue weighted by molar-refractivity contribution is 0.112. The molecule has 1 fully saturated rings. The van der Waals surface area contributed by atoms with Crippen LogP contribution in [-0.4, -0.2) is 29.6 Å². The molecule has 0 radical (unpaired) electrons. The van der Waals surface area contributed by atoms with Gasteiger partial charge >= 0.3 is 0 Å². The van der Waals surface area contributed by atoms with Crippen LogP contribution in [0.15, 0.2) is 18.2 Å². The number of fused-ring (bicyclic) bond motifs is 2. The van der Waals surface area contributed by atoms with Gasteiger partial charge in [-0.05, 0) is 68.5 Å². The molecule has 0 bridgehead atoms. The van der Waals surface area contributed by atoms with E-state index in [4.69, 9.17) is 0 Å². The van der Waals surface area contributed by atoms with Crippen LogP contribution in [0.3, 0.4) is 0 Å². The van der Waals surface area contributed by atoms with Gasteiger partial charge in [-0.15, -0.1) is 0 Å². The van der Waals surface area contributed by atoms with Crippen LogP contribution in [0.4, 0.5) is 0 Å². The highest BCUT2D eigenvalue weighted by molar-refractivity contribution is 5.37. The minimum atomic E-state index is 0.418. The molecule has 2 aliphatic rings. The normalized spacial score (nSPS) is 29.6. The average Bonchev–Trinajstić information content (AvgIpc) is 2.27. The van der Waals surface area contributed by atoms with E-state index in [0.29, 0.717) is 5.75 Å². The van der Waals surface area contributed by atoms with Gasteiger partial charge in [0.05, 0.1) is 0 Å². The van der Waals surface area contributed by atoms with E-state index in [2.05, 4.69) is 18.0 Å². The van der Waals surface area contributed by atoms with Crippen LogP contribution in [0.1, 0.15) is 24.0 Å². The number of benzene rings is 1. The first kappa shape index (κ1) is 10.2. The van der Waals surface area contributed by atoms with E-state index in [1.807, 2.05) is 12.1 Å². The summed E-state index contributed by atoms with van der Waals surface area (Å²) in [6.45, 7) is 1.24. The molecule has 0 aromatic heterocycles. The minimum Gasteiger partial charge on any atom is -0.508 e. The van der Waals surface area contributed by atoms with Crippen molar-refractivity contribution in [2.75, 3.05) is 13.6 Å². The predicted octanol–water partition coefficient (Wildman–Crippen LogP) is 2.20. The van der Waals surface area contributed by atoms with Gasteiger partial charge < -0.3 is 10.0 Å². The summed E-state index contributed by atoms with van der Waals surface area (Å²) in [7, 11) is 2.25. The number of nitrogens with zero attached hydrogens (tertiary/aromatic N) is 1. The molecule has 1 heterocycles. The van der Waals surface area contributed by atoms with Crippen LogP contribution in [0.5, 0.6) is 5.75 Å². The number of hydrogen-bond acceptors (Lipinski definition) is 2. The van der Waals surface area contributed by atoms with Crippen molar-refractivity contribution in [1.82, 2.24) is 4.90 Å². The van der Waals surface area contributed by atoms with Crippen LogP contribution in [-0.2, 0) is 12.8 Å². The summed E-state index contributed by atoms with van der Waals surface area (Å²) >= 11 is 0. The van der Waals surface area contributed by atoms with Crippen LogP contribution in [0, 0.1) is 5.92 Å². The first-order valence-corrected chi connectivity index (χ1v) is 6.25. The lowest BCUT2D eigenvalue weighted by Gasteiger charge is -2.42. The summed E-state index contributed by atoms with van der Waals surface area (Å²) in [5, 5.41) is 9.53. The van der Waals surface area contributed by atoms with Crippen LogP contribution in [0.25, 0.3) is 0 Å². The van der Waals surface area contributed by atoms with Crippen molar-refractivity contribution < 1.29 is 5.11 Å². The molecular weight excluding hydrogens is 198 g/mol. The Bertz CT molecular complexity index is 402. The molecule has 2 atom stereocenters. The predicted molar refractivity (Wildman–Crippen MR) is 64.7 cm³/mol. The van der Waals surface area contributed by atoms with Crippen molar-refractivity contribution in [2.24, 2.45) is 5.92 Å². The summed E-state index contributed by atoms with van der Waals surface area (Å²) in [6.07, 6.45) is 4.99. The first-order valence-electron chi connectivity index (χ1n) is 6.25. The Balaban J connectivity index is 1.93. The van der Waals surface area contributed by atoms with Crippen molar-refractivity contribution >= 4 is 0 Å². The second-order valence-electron chi connectivity index (χ2n) is 5.31. The first-order chi connectivity index (χ1) is 7.74. The van der Waals surface area contributed by atoms with E-state index in [1.54, 1.807) is 0 Å². The highest BCUT2D eigenvalue weighted by atomic mass is 16.3. The van der Waals surface area contributed by atoms with Crippen LogP contribution < -0.4 is 0 Å². The monoisotopic (exact) mass is 217 g/mol. The number of likely N-dealkylation sites (N-methyl/N-ethyl adjacent to an activating group) is 1. The van der Waals surface area contributed by atoms with Gasteiger partial charge in [-0.2, -0.15) is 0 Å². The fraction of sp³-hybridized carbons (Fsp3) is 0.571. The lowest BCUT2D eigenvalue weighted by Crippen LogP contribution is -2.47. The van der Waals surface area contributed by atoms with Crippen LogP contribution >= 0.6 is 0 Å². The largest absolute Gasteiger partial charge is 0.508 e. The molecule has 1 aliphatic heterocycles. The van der Waals surface area contributed by atoms with Gasteiger partial charge in [-0.25, -0.2) is 0 Å². The van der Waals surface area contributed by atoms with Gasteiger partial charge in [-0.1, -0.05) is 6.07 Å². The zero-order chi connectivity index (χ0) is 11.1. The van der Waals surface area contributed by atoms with Gasteiger partial charge in [0, 0.05) is 6.04 Å². The Hall–Kier alpha value is -1.02. The molecule has 1 aromatic carbocycles. The average molecular weight is 217 g/mol. The fourth-order valence-electron chi connectivity index (χ4n) is 3.39. The van der Waals surface area contributed by atoms with Crippen molar-refractivity contribution in [3.05, 3.63) is 29.3 Å². The highest BCUT2D eigenvalue weighted by Crippen LogP contribution is 2.35. The molecule has 0 saturated carbocycles. The quantitative estimate of drug-likeness (QED) is 0.720. The maximum Gasteiger partial charge on any atom is 0.115 e. The number of phenolic OH excluding ortho intramolecular Hbond substituents is 1. The van der Waals surface area contributed by atoms with Gasteiger partial charge in [0.1, 0.15) is 5.75 Å². The molecular formula is C14H19NO. The third-order valence-corrected chi connectivity index (χ3v) is 4.30. The fourth-order valence-corrected chi connectivity index (χ4v) is 3.39. The van der Waals surface area contributed by atoms with E-state index in [0.717, 1.165) is 24.8 Å². The molecule has 2 unspecified atom stereocenters. The maximum atomic E-state index is 9.53. The highest BCUT2D eigenvalue weighted by Gasteiger charge is 2.33. The number of likely N-dealkylation sites (tertiary alicyclic amines) is 1. The standard InChI is InChI=1S/C14H19NO/c1-15-6-2-3-11-7-12-8-13(16)5-4-10(12)9-14(11)15/h4-5,8,11,14,16H,2-3,6-7,9H2,1H3. The van der Waals surface area contributed by atoms with E-state index < -0.39 is 0 Å². The SMILES string of the molecule is CN1CCCC2Cc3cc(O)ccc3CC21. The number of rotatable bonds is 0. The number of hydrogen-bond donors (Lipinski definition) is 1. The summed E-state index contributed by atoms with van der Waals surface area (Å²) in [4.78, 5) is 2.52. The molecule has 1 aliphatic carbocycles.